The molecule has 0 aliphatic rings. The third kappa shape index (κ3) is 10.0. The van der Waals surface area contributed by atoms with Crippen molar-refractivity contribution >= 4 is 30.1 Å². The zero-order valence-corrected chi connectivity index (χ0v) is 29.2. The predicted octanol–water partition coefficient (Wildman–Crippen LogP) is 6.64. The maximum atomic E-state index is 14.0. The van der Waals surface area contributed by atoms with Crippen molar-refractivity contribution in [3.63, 3.8) is 0 Å². The first kappa shape index (κ1) is 38.3. The molecule has 3 aromatic heterocycles. The first-order valence-corrected chi connectivity index (χ1v) is 16.4. The number of carbonyl (C=O) groups excluding carboxylic acids is 1. The first-order valence-electron chi connectivity index (χ1n) is 15.4. The molecule has 0 bridgehead atoms. The molecule has 264 valence electrons. The summed E-state index contributed by atoms with van der Waals surface area (Å²) in [5.74, 6) is -0.507. The van der Waals surface area contributed by atoms with Gasteiger partial charge in [-0.05, 0) is 61.1 Å². The molecule has 5 aromatic rings. The number of benzene rings is 2. The molecule has 50 heavy (non-hydrogen) atoms. The number of halogens is 5. The van der Waals surface area contributed by atoms with Crippen molar-refractivity contribution in [1.82, 2.24) is 34.5 Å². The van der Waals surface area contributed by atoms with Gasteiger partial charge in [0.1, 0.15) is 12.4 Å². The Hall–Kier alpha value is -4.53. The lowest BCUT2D eigenvalue weighted by atomic mass is 9.98. The number of aromatic amines is 1. The normalized spacial score (nSPS) is 12.1. The lowest BCUT2D eigenvalue weighted by molar-refractivity contribution is -0.137. The third-order valence-electron chi connectivity index (χ3n) is 7.93. The number of pyridine rings is 1. The van der Waals surface area contributed by atoms with Gasteiger partial charge in [0.2, 0.25) is 5.91 Å². The van der Waals surface area contributed by atoms with Crippen LogP contribution in [0.5, 0.6) is 0 Å². The summed E-state index contributed by atoms with van der Waals surface area (Å²) >= 11 is 1.28. The smallest absolute Gasteiger partial charge is 0.335 e. The zero-order valence-electron chi connectivity index (χ0n) is 27.5. The van der Waals surface area contributed by atoms with E-state index in [2.05, 4.69) is 20.2 Å². The predicted molar refractivity (Wildman–Crippen MR) is 186 cm³/mol. The van der Waals surface area contributed by atoms with Gasteiger partial charge in [-0.25, -0.2) is 4.39 Å². The van der Waals surface area contributed by atoms with E-state index in [-0.39, 0.29) is 43.1 Å². The van der Waals surface area contributed by atoms with Crippen molar-refractivity contribution in [2.75, 3.05) is 27.2 Å². The fourth-order valence-electron chi connectivity index (χ4n) is 5.02. The highest BCUT2D eigenvalue weighted by atomic mass is 35.5. The van der Waals surface area contributed by atoms with Gasteiger partial charge >= 0.3 is 6.18 Å². The number of amides is 1. The van der Waals surface area contributed by atoms with Gasteiger partial charge in [-0.1, -0.05) is 49.0 Å². The molecule has 0 fully saturated rings. The molecule has 15 heteroatoms. The molecule has 0 saturated carbocycles. The summed E-state index contributed by atoms with van der Waals surface area (Å²) in [4.78, 5) is 39.7. The van der Waals surface area contributed by atoms with E-state index in [0.717, 1.165) is 28.8 Å². The minimum atomic E-state index is -4.43. The number of aromatic nitrogens is 5. The Bertz CT molecular complexity index is 1900. The van der Waals surface area contributed by atoms with Gasteiger partial charge in [0.25, 0.3) is 5.56 Å². The van der Waals surface area contributed by atoms with Gasteiger partial charge in [0.15, 0.2) is 5.16 Å². The number of rotatable bonds is 13. The van der Waals surface area contributed by atoms with Crippen molar-refractivity contribution in [3.05, 3.63) is 129 Å². The van der Waals surface area contributed by atoms with Gasteiger partial charge in [-0.15, -0.1) is 12.4 Å². The van der Waals surface area contributed by atoms with Crippen molar-refractivity contribution in [2.45, 2.75) is 43.0 Å². The summed E-state index contributed by atoms with van der Waals surface area (Å²) in [7, 11) is 3.81. The number of nitrogens with one attached hydrogen (secondary N) is 1. The molecular weight excluding hydrogens is 694 g/mol. The number of likely N-dealkylation sites (N-methyl/N-ethyl adjacent to an activating group) is 1. The van der Waals surface area contributed by atoms with Crippen LogP contribution < -0.4 is 5.56 Å². The van der Waals surface area contributed by atoms with E-state index >= 15 is 0 Å². The van der Waals surface area contributed by atoms with Gasteiger partial charge < -0.3 is 14.4 Å². The second-order valence-electron chi connectivity index (χ2n) is 11.8. The molecular formula is C35H36ClF4N7O2S. The molecule has 2 aromatic carbocycles. The highest BCUT2D eigenvalue weighted by Gasteiger charge is 2.30. The highest BCUT2D eigenvalue weighted by Crippen LogP contribution is 2.31. The number of H-pyrrole nitrogens is 1. The second kappa shape index (κ2) is 16.9. The maximum absolute atomic E-state index is 14.0. The SMILES string of the molecule is CC(c1cn[nH]c1)c1cn(CC(=O)N(CCN(C)C)Cc2ccc(-c3ccc(C(F)(F)F)cc3)nc2)c(SCc2ccc(F)cc2)nc1=O.Cl. The Balaban J connectivity index is 0.00000562. The molecule has 1 N–H and O–H groups in total. The molecule has 0 spiro atoms. The number of thioether (sulfide) groups is 1. The molecule has 5 rings (SSSR count). The highest BCUT2D eigenvalue weighted by molar-refractivity contribution is 7.98. The van der Waals surface area contributed by atoms with E-state index in [1.807, 2.05) is 25.9 Å². The van der Waals surface area contributed by atoms with Crippen LogP contribution in [-0.4, -0.2) is 67.6 Å². The van der Waals surface area contributed by atoms with Crippen molar-refractivity contribution in [2.24, 2.45) is 0 Å². The summed E-state index contributed by atoms with van der Waals surface area (Å²) in [6, 6.07) is 14.4. The Morgan fingerprint density at radius 3 is 2.28 bits per heavy atom. The number of hydrogen-bond acceptors (Lipinski definition) is 7. The Kier molecular flexibility index (Phi) is 13.0. The molecule has 0 saturated heterocycles. The van der Waals surface area contributed by atoms with Crippen LogP contribution in [0.4, 0.5) is 17.6 Å². The quantitative estimate of drug-likeness (QED) is 0.0824. The maximum Gasteiger partial charge on any atom is 0.416 e. The van der Waals surface area contributed by atoms with E-state index in [9.17, 15) is 27.2 Å². The molecule has 0 aliphatic heterocycles. The van der Waals surface area contributed by atoms with Crippen LogP contribution in [0, 0.1) is 5.82 Å². The summed E-state index contributed by atoms with van der Waals surface area (Å²) < 4.78 is 54.2. The molecule has 3 heterocycles. The fourth-order valence-corrected chi connectivity index (χ4v) is 5.94. The summed E-state index contributed by atoms with van der Waals surface area (Å²) in [5, 5.41) is 7.10. The minimum absolute atomic E-state index is 0. The minimum Gasteiger partial charge on any atom is -0.335 e. The van der Waals surface area contributed by atoms with E-state index in [4.69, 9.17) is 0 Å². The average Bonchev–Trinajstić information content (AvgIpc) is 3.62. The number of alkyl halides is 3. The second-order valence-corrected chi connectivity index (χ2v) is 12.8. The third-order valence-corrected chi connectivity index (χ3v) is 9.00. The van der Waals surface area contributed by atoms with E-state index in [0.29, 0.717) is 40.8 Å². The lowest BCUT2D eigenvalue weighted by Gasteiger charge is -2.26. The van der Waals surface area contributed by atoms with Crippen LogP contribution in [-0.2, 0) is 29.8 Å². The van der Waals surface area contributed by atoms with Crippen LogP contribution in [0.15, 0.2) is 95.4 Å². The molecule has 1 amide bonds. The van der Waals surface area contributed by atoms with E-state index in [1.165, 1.54) is 36.0 Å². The zero-order chi connectivity index (χ0) is 35.1. The molecule has 0 radical (unpaired) electrons. The molecule has 0 aliphatic carbocycles. The monoisotopic (exact) mass is 729 g/mol. The lowest BCUT2D eigenvalue weighted by Crippen LogP contribution is -2.38. The number of nitrogens with zero attached hydrogens (tertiary/aromatic N) is 6. The number of carbonyl (C=O) groups is 1. The van der Waals surface area contributed by atoms with Crippen molar-refractivity contribution in [1.29, 1.82) is 0 Å². The first-order chi connectivity index (χ1) is 23.4. The largest absolute Gasteiger partial charge is 0.416 e. The van der Waals surface area contributed by atoms with E-state index < -0.39 is 17.3 Å². The van der Waals surface area contributed by atoms with Crippen LogP contribution >= 0.6 is 24.2 Å². The topological polar surface area (TPSA) is 100 Å². The van der Waals surface area contributed by atoms with Gasteiger partial charge in [-0.2, -0.15) is 23.3 Å². The Labute approximate surface area is 297 Å². The number of hydrogen-bond donors (Lipinski definition) is 1. The summed E-state index contributed by atoms with van der Waals surface area (Å²) in [6.07, 6.45) is 2.19. The van der Waals surface area contributed by atoms with Crippen LogP contribution in [0.3, 0.4) is 0 Å². The molecule has 1 unspecified atom stereocenters. The van der Waals surface area contributed by atoms with Gasteiger partial charge in [-0.3, -0.25) is 19.7 Å². The standard InChI is InChI=1S/C35H35F4N7O2S.ClH/c1-23(27-17-41-42-18-27)30-20-46(34(43-33(30)48)49-22-24-4-11-29(36)12-5-24)21-32(47)45(15-14-44(2)3)19-25-6-13-31(40-16-25)26-7-9-28(10-8-26)35(37,38)39;/h4-13,16-18,20,23H,14-15,19,21-22H2,1-3H3,(H,41,42);1H. The average molecular weight is 730 g/mol. The van der Waals surface area contributed by atoms with Gasteiger partial charge in [0.05, 0.1) is 17.5 Å². The molecule has 9 nitrogen and oxygen atoms in total. The fraction of sp³-hybridized carbons (Fsp3) is 0.286. The van der Waals surface area contributed by atoms with Crippen molar-refractivity contribution < 1.29 is 22.4 Å². The van der Waals surface area contributed by atoms with E-state index in [1.54, 1.807) is 58.5 Å². The Morgan fingerprint density at radius 2 is 1.68 bits per heavy atom. The van der Waals surface area contributed by atoms with Crippen molar-refractivity contribution in [3.8, 4) is 11.3 Å². The van der Waals surface area contributed by atoms with Gasteiger partial charge in [0, 0.05) is 61.0 Å². The molecule has 1 atom stereocenters. The summed E-state index contributed by atoms with van der Waals surface area (Å²) in [6.45, 7) is 2.98. The van der Waals surface area contributed by atoms with Crippen LogP contribution in [0.2, 0.25) is 0 Å². The summed E-state index contributed by atoms with van der Waals surface area (Å²) in [5.41, 5.74) is 2.66. The Morgan fingerprint density at radius 1 is 0.980 bits per heavy atom. The van der Waals surface area contributed by atoms with Crippen LogP contribution in [0.1, 0.15) is 40.7 Å². The van der Waals surface area contributed by atoms with Crippen LogP contribution in [0.25, 0.3) is 11.3 Å².